The molecule has 1 spiro atoms. The van der Waals surface area contributed by atoms with Crippen LogP contribution < -0.4 is 5.32 Å². The van der Waals surface area contributed by atoms with Gasteiger partial charge in [0, 0.05) is 45.5 Å². The van der Waals surface area contributed by atoms with Gasteiger partial charge < -0.3 is 14.8 Å². The number of sulfonamides is 1. The zero-order valence-electron chi connectivity index (χ0n) is 20.3. The zero-order valence-corrected chi connectivity index (χ0v) is 21.9. The molecule has 0 bridgehead atoms. The molecule has 2 aliphatic rings. The van der Waals surface area contributed by atoms with Crippen LogP contribution in [0.4, 0.5) is 5.13 Å². The van der Waals surface area contributed by atoms with Crippen molar-refractivity contribution >= 4 is 38.3 Å². The third-order valence-corrected chi connectivity index (χ3v) is 10.6. The second-order valence-electron chi connectivity index (χ2n) is 9.56. The Morgan fingerprint density at radius 1 is 1.03 bits per heavy atom. The number of likely N-dealkylation sites (tertiary alicyclic amines) is 1. The fourth-order valence-electron chi connectivity index (χ4n) is 5.18. The average Bonchev–Trinajstić information content (AvgIpc) is 3.60. The third-order valence-electron chi connectivity index (χ3n) is 7.14. The number of hydrogen-bond donors (Lipinski definition) is 1. The molecule has 2 aromatic heterocycles. The van der Waals surface area contributed by atoms with Crippen molar-refractivity contribution in [2.75, 3.05) is 31.5 Å². The number of carbonyl (C=O) groups is 2. The fourth-order valence-corrected chi connectivity index (χ4v) is 8.33. The van der Waals surface area contributed by atoms with Crippen LogP contribution in [0.15, 0.2) is 53.0 Å². The van der Waals surface area contributed by atoms with Crippen molar-refractivity contribution in [2.24, 2.45) is 5.41 Å². The second-order valence-corrected chi connectivity index (χ2v) is 12.7. The first-order valence-electron chi connectivity index (χ1n) is 12.0. The molecule has 9 nitrogen and oxygen atoms in total. The first-order chi connectivity index (χ1) is 17.2. The summed E-state index contributed by atoms with van der Waals surface area (Å²) in [5.74, 6) is -0.285. The largest absolute Gasteiger partial charge is 0.339 e. The number of hydrogen-bond acceptors (Lipinski definition) is 6. The smallest absolute Gasteiger partial charge is 0.255 e. The minimum absolute atomic E-state index is 0.00223. The van der Waals surface area contributed by atoms with Crippen LogP contribution in [0.3, 0.4) is 0 Å². The Balaban J connectivity index is 1.27. The molecule has 36 heavy (non-hydrogen) atoms. The normalized spacial score (nSPS) is 18.0. The van der Waals surface area contributed by atoms with E-state index in [1.54, 1.807) is 11.2 Å². The number of rotatable bonds is 5. The highest BCUT2D eigenvalue weighted by Crippen LogP contribution is 2.43. The number of nitrogens with one attached hydrogen (secondary N) is 1. The van der Waals surface area contributed by atoms with Crippen LogP contribution in [-0.4, -0.2) is 65.2 Å². The van der Waals surface area contributed by atoms with E-state index >= 15 is 0 Å². The fraction of sp³-hybridized carbons (Fsp3) is 0.400. The molecule has 2 aliphatic heterocycles. The summed E-state index contributed by atoms with van der Waals surface area (Å²) in [4.78, 5) is 30.9. The van der Waals surface area contributed by atoms with Gasteiger partial charge in [-0.25, -0.2) is 13.4 Å². The van der Waals surface area contributed by atoms with Crippen molar-refractivity contribution in [1.29, 1.82) is 0 Å². The Labute approximate surface area is 214 Å². The molecular formula is C25H29N5O4S2. The maximum atomic E-state index is 13.4. The topological polar surface area (TPSA) is 105 Å². The van der Waals surface area contributed by atoms with Gasteiger partial charge in [0.25, 0.3) is 15.9 Å². The van der Waals surface area contributed by atoms with E-state index < -0.39 is 10.0 Å². The number of benzene rings is 1. The Morgan fingerprint density at radius 2 is 1.69 bits per heavy atom. The van der Waals surface area contributed by atoms with Crippen molar-refractivity contribution in [2.45, 2.75) is 37.3 Å². The SMILES string of the molecule is CC(=O)Nc1nc(C)c(S(=O)(=O)N2CCC3(CCN(C(=O)c4ccccc4-n4cccc4)CC3)C2)s1. The first-order valence-corrected chi connectivity index (χ1v) is 14.2. The Kier molecular flexibility index (Phi) is 6.48. The van der Waals surface area contributed by atoms with Crippen LogP contribution >= 0.6 is 11.3 Å². The lowest BCUT2D eigenvalue weighted by molar-refractivity contribution is -0.114. The summed E-state index contributed by atoms with van der Waals surface area (Å²) >= 11 is 0.991. The summed E-state index contributed by atoms with van der Waals surface area (Å²) in [5, 5.41) is 2.87. The number of aryl methyl sites for hydroxylation is 1. The Bertz CT molecular complexity index is 1390. The number of piperidine rings is 1. The van der Waals surface area contributed by atoms with Crippen LogP contribution in [0, 0.1) is 12.3 Å². The minimum Gasteiger partial charge on any atom is -0.339 e. The number of nitrogens with zero attached hydrogens (tertiary/aromatic N) is 4. The van der Waals surface area contributed by atoms with Gasteiger partial charge in [-0.2, -0.15) is 4.31 Å². The highest BCUT2D eigenvalue weighted by atomic mass is 32.2. The Morgan fingerprint density at radius 3 is 2.39 bits per heavy atom. The van der Waals surface area contributed by atoms with Crippen molar-refractivity contribution in [3.8, 4) is 5.69 Å². The van der Waals surface area contributed by atoms with E-state index in [4.69, 9.17) is 0 Å². The molecule has 0 unspecified atom stereocenters. The van der Waals surface area contributed by atoms with Crippen LogP contribution in [0.2, 0.25) is 0 Å². The lowest BCUT2D eigenvalue weighted by atomic mass is 9.78. The standard InChI is InChI=1S/C25H29N5O4S2/c1-18-23(35-24(26-18)27-19(2)31)36(33,34)30-16-11-25(17-30)9-14-29(15-10-25)22(32)20-7-3-4-8-21(20)28-12-5-6-13-28/h3-8,12-13H,9-11,14-17H2,1-2H3,(H,26,27,31). The number of aromatic nitrogens is 2. The maximum Gasteiger partial charge on any atom is 0.255 e. The van der Waals surface area contributed by atoms with Crippen LogP contribution in [0.5, 0.6) is 0 Å². The summed E-state index contributed by atoms with van der Waals surface area (Å²) in [6.07, 6.45) is 6.14. The lowest BCUT2D eigenvalue weighted by Crippen LogP contribution is -2.44. The molecule has 0 aliphatic carbocycles. The van der Waals surface area contributed by atoms with Crippen molar-refractivity contribution in [3.05, 3.63) is 60.0 Å². The summed E-state index contributed by atoms with van der Waals surface area (Å²) in [5.41, 5.74) is 1.77. The highest BCUT2D eigenvalue weighted by molar-refractivity contribution is 7.91. The van der Waals surface area contributed by atoms with Gasteiger partial charge in [-0.1, -0.05) is 23.5 Å². The molecule has 2 saturated heterocycles. The van der Waals surface area contributed by atoms with Crippen molar-refractivity contribution < 1.29 is 18.0 Å². The summed E-state index contributed by atoms with van der Waals surface area (Å²) in [6, 6.07) is 11.5. The number of carbonyl (C=O) groups excluding carboxylic acids is 2. The predicted octanol–water partition coefficient (Wildman–Crippen LogP) is 3.52. The molecule has 1 aromatic carbocycles. The van der Waals surface area contributed by atoms with Gasteiger partial charge in [0.05, 0.1) is 16.9 Å². The zero-order chi connectivity index (χ0) is 25.5. The lowest BCUT2D eigenvalue weighted by Gasteiger charge is -2.39. The van der Waals surface area contributed by atoms with Crippen LogP contribution in [-0.2, 0) is 14.8 Å². The van der Waals surface area contributed by atoms with Gasteiger partial charge in [0.2, 0.25) is 5.91 Å². The average molecular weight is 528 g/mol. The van der Waals surface area contributed by atoms with E-state index in [-0.39, 0.29) is 21.4 Å². The first kappa shape index (κ1) is 24.7. The molecule has 2 amide bonds. The Hall–Kier alpha value is -3.02. The van der Waals surface area contributed by atoms with Crippen molar-refractivity contribution in [3.63, 3.8) is 0 Å². The molecule has 11 heteroatoms. The van der Waals surface area contributed by atoms with Gasteiger partial charge in [-0.15, -0.1) is 0 Å². The molecule has 190 valence electrons. The van der Waals surface area contributed by atoms with Gasteiger partial charge in [0.1, 0.15) is 0 Å². The van der Waals surface area contributed by atoms with Gasteiger partial charge in [0.15, 0.2) is 9.34 Å². The molecule has 3 aromatic rings. The number of thiazole rings is 1. The van der Waals surface area contributed by atoms with Gasteiger partial charge >= 0.3 is 0 Å². The molecule has 0 saturated carbocycles. The molecule has 2 fully saturated rings. The number of anilines is 1. The second kappa shape index (κ2) is 9.45. The minimum atomic E-state index is -3.71. The highest BCUT2D eigenvalue weighted by Gasteiger charge is 2.46. The molecule has 5 rings (SSSR count). The van der Waals surface area contributed by atoms with Crippen LogP contribution in [0.25, 0.3) is 5.69 Å². The molecular weight excluding hydrogens is 498 g/mol. The molecule has 0 atom stereocenters. The molecule has 1 N–H and O–H groups in total. The van der Waals surface area contributed by atoms with E-state index in [0.29, 0.717) is 42.6 Å². The maximum absolute atomic E-state index is 13.4. The van der Waals surface area contributed by atoms with E-state index in [2.05, 4.69) is 10.3 Å². The third kappa shape index (κ3) is 4.58. The predicted molar refractivity (Wildman–Crippen MR) is 138 cm³/mol. The van der Waals surface area contributed by atoms with Crippen LogP contribution in [0.1, 0.15) is 42.2 Å². The quantitative estimate of drug-likeness (QED) is 0.547. The summed E-state index contributed by atoms with van der Waals surface area (Å²) in [6.45, 7) is 5.09. The van der Waals surface area contributed by atoms with Crippen molar-refractivity contribution in [1.82, 2.24) is 18.8 Å². The van der Waals surface area contributed by atoms with E-state index in [1.807, 2.05) is 58.3 Å². The van der Waals surface area contributed by atoms with E-state index in [1.165, 1.54) is 6.92 Å². The van der Waals surface area contributed by atoms with E-state index in [0.717, 1.165) is 36.3 Å². The monoisotopic (exact) mass is 527 g/mol. The molecule has 0 radical (unpaired) electrons. The number of amides is 2. The summed E-state index contributed by atoms with van der Waals surface area (Å²) < 4.78 is 30.5. The van der Waals surface area contributed by atoms with Gasteiger partial charge in [-0.3, -0.25) is 9.59 Å². The van der Waals surface area contributed by atoms with E-state index in [9.17, 15) is 18.0 Å². The number of para-hydroxylation sites is 1. The summed E-state index contributed by atoms with van der Waals surface area (Å²) in [7, 11) is -3.71. The molecule has 4 heterocycles. The van der Waals surface area contributed by atoms with Gasteiger partial charge in [-0.05, 0) is 55.9 Å².